The lowest BCUT2D eigenvalue weighted by molar-refractivity contribution is -0.139. The first-order chi connectivity index (χ1) is 16.9. The van der Waals surface area contributed by atoms with Crippen LogP contribution in [0, 0.1) is 11.3 Å². The van der Waals surface area contributed by atoms with Crippen molar-refractivity contribution in [2.75, 3.05) is 19.0 Å². The van der Waals surface area contributed by atoms with Crippen molar-refractivity contribution in [3.8, 4) is 23.3 Å². The second-order valence-electron chi connectivity index (χ2n) is 7.14. The topological polar surface area (TPSA) is 118 Å². The van der Waals surface area contributed by atoms with Crippen molar-refractivity contribution in [1.29, 1.82) is 5.26 Å². The number of halogens is 1. The summed E-state index contributed by atoms with van der Waals surface area (Å²) in [7, 11) is 1.36. The van der Waals surface area contributed by atoms with Crippen molar-refractivity contribution in [3.63, 3.8) is 0 Å². The number of carboxylic acid groups (broad SMARTS) is 1. The standard InChI is InChI=1S/C26H21ClN2O6/c1-33-23-13-18(12-22(27)25(23)35-16-24(30)31)11-19(14-28)26(32)29-20-7-9-21(10-8-20)34-15-17-5-3-2-4-6-17/h2-13H,15-16H2,1H3,(H,29,32)(H,30,31)/b19-11+. The minimum Gasteiger partial charge on any atom is -0.493 e. The molecular formula is C26H21ClN2O6. The van der Waals surface area contributed by atoms with Crippen molar-refractivity contribution >= 4 is 35.2 Å². The molecule has 3 rings (SSSR count). The van der Waals surface area contributed by atoms with Gasteiger partial charge in [0, 0.05) is 5.69 Å². The second kappa shape index (κ2) is 12.1. The Morgan fingerprint density at radius 1 is 1.09 bits per heavy atom. The third-order valence-electron chi connectivity index (χ3n) is 4.63. The average Bonchev–Trinajstić information content (AvgIpc) is 2.86. The van der Waals surface area contributed by atoms with Crippen LogP contribution in [0.5, 0.6) is 17.2 Å². The van der Waals surface area contributed by atoms with Gasteiger partial charge in [-0.3, -0.25) is 4.79 Å². The van der Waals surface area contributed by atoms with Gasteiger partial charge in [0.1, 0.15) is 24.0 Å². The van der Waals surface area contributed by atoms with Gasteiger partial charge >= 0.3 is 5.97 Å². The van der Waals surface area contributed by atoms with Crippen molar-refractivity contribution in [3.05, 3.63) is 88.5 Å². The van der Waals surface area contributed by atoms with Crippen LogP contribution in [0.25, 0.3) is 6.08 Å². The molecule has 0 saturated carbocycles. The monoisotopic (exact) mass is 492 g/mol. The number of aliphatic carboxylic acids is 1. The molecule has 0 atom stereocenters. The number of anilines is 1. The number of carbonyl (C=O) groups is 2. The zero-order chi connectivity index (χ0) is 25.2. The summed E-state index contributed by atoms with van der Waals surface area (Å²) in [6, 6.07) is 21.3. The molecule has 178 valence electrons. The summed E-state index contributed by atoms with van der Waals surface area (Å²) < 4.78 is 16.1. The molecule has 0 aliphatic carbocycles. The number of rotatable bonds is 10. The molecule has 3 aromatic carbocycles. The number of nitriles is 1. The molecule has 1 amide bonds. The molecule has 0 spiro atoms. The van der Waals surface area contributed by atoms with Crippen LogP contribution < -0.4 is 19.5 Å². The van der Waals surface area contributed by atoms with Gasteiger partial charge in [-0.05, 0) is 53.6 Å². The molecule has 0 aliphatic rings. The Morgan fingerprint density at radius 2 is 1.80 bits per heavy atom. The Morgan fingerprint density at radius 3 is 2.43 bits per heavy atom. The van der Waals surface area contributed by atoms with Gasteiger partial charge in [-0.25, -0.2) is 4.79 Å². The average molecular weight is 493 g/mol. The molecular weight excluding hydrogens is 472 g/mol. The summed E-state index contributed by atoms with van der Waals surface area (Å²) in [5.41, 5.74) is 1.74. The van der Waals surface area contributed by atoms with E-state index in [2.05, 4.69) is 5.32 Å². The Bertz CT molecular complexity index is 1270. The molecule has 35 heavy (non-hydrogen) atoms. The van der Waals surface area contributed by atoms with Gasteiger partial charge < -0.3 is 24.6 Å². The molecule has 0 radical (unpaired) electrons. The third-order valence-corrected chi connectivity index (χ3v) is 4.91. The minimum atomic E-state index is -1.17. The van der Waals surface area contributed by atoms with Crippen LogP contribution in [-0.2, 0) is 16.2 Å². The van der Waals surface area contributed by atoms with Crippen LogP contribution >= 0.6 is 11.6 Å². The molecule has 0 heterocycles. The van der Waals surface area contributed by atoms with E-state index in [4.69, 9.17) is 30.9 Å². The summed E-state index contributed by atoms with van der Waals surface area (Å²) in [6.45, 7) is -0.187. The van der Waals surface area contributed by atoms with E-state index in [-0.39, 0.29) is 22.1 Å². The number of carbonyl (C=O) groups excluding carboxylic acids is 1. The van der Waals surface area contributed by atoms with E-state index in [0.717, 1.165) is 5.56 Å². The Hall–Kier alpha value is -4.48. The molecule has 9 heteroatoms. The van der Waals surface area contributed by atoms with E-state index in [1.807, 2.05) is 36.4 Å². The quantitative estimate of drug-likeness (QED) is 0.304. The summed E-state index contributed by atoms with van der Waals surface area (Å²) >= 11 is 6.19. The maximum absolute atomic E-state index is 12.6. The van der Waals surface area contributed by atoms with Gasteiger partial charge in [0.15, 0.2) is 18.1 Å². The largest absolute Gasteiger partial charge is 0.493 e. The number of carboxylic acids is 1. The van der Waals surface area contributed by atoms with Crippen LogP contribution in [0.1, 0.15) is 11.1 Å². The van der Waals surface area contributed by atoms with E-state index in [0.29, 0.717) is 23.6 Å². The third kappa shape index (κ3) is 7.25. The number of benzene rings is 3. The summed E-state index contributed by atoms with van der Waals surface area (Å²) in [6.07, 6.45) is 1.34. The SMILES string of the molecule is COc1cc(/C=C(\C#N)C(=O)Nc2ccc(OCc3ccccc3)cc2)cc(Cl)c1OCC(=O)O. The fraction of sp³-hybridized carbons (Fsp3) is 0.115. The van der Waals surface area contributed by atoms with E-state index in [1.165, 1.54) is 25.3 Å². The fourth-order valence-electron chi connectivity index (χ4n) is 2.99. The van der Waals surface area contributed by atoms with Gasteiger partial charge in [0.25, 0.3) is 5.91 Å². The van der Waals surface area contributed by atoms with Gasteiger partial charge in [0.05, 0.1) is 12.1 Å². The molecule has 0 fully saturated rings. The normalized spacial score (nSPS) is 10.7. The number of nitrogens with zero attached hydrogens (tertiary/aromatic N) is 1. The highest BCUT2D eigenvalue weighted by atomic mass is 35.5. The lowest BCUT2D eigenvalue weighted by atomic mass is 10.1. The zero-order valence-corrected chi connectivity index (χ0v) is 19.4. The van der Waals surface area contributed by atoms with E-state index >= 15 is 0 Å². The lowest BCUT2D eigenvalue weighted by Gasteiger charge is -2.12. The number of nitrogens with one attached hydrogen (secondary N) is 1. The first-order valence-electron chi connectivity index (χ1n) is 10.3. The van der Waals surface area contributed by atoms with Crippen molar-refractivity contribution in [1.82, 2.24) is 0 Å². The molecule has 2 N–H and O–H groups in total. The van der Waals surface area contributed by atoms with E-state index in [1.54, 1.807) is 24.3 Å². The van der Waals surface area contributed by atoms with Gasteiger partial charge in [0.2, 0.25) is 0 Å². The van der Waals surface area contributed by atoms with Crippen LogP contribution in [0.15, 0.2) is 72.3 Å². The van der Waals surface area contributed by atoms with Crippen LogP contribution in [0.4, 0.5) is 5.69 Å². The molecule has 0 saturated heterocycles. The van der Waals surface area contributed by atoms with Gasteiger partial charge in [-0.15, -0.1) is 0 Å². The predicted molar refractivity (Wildman–Crippen MR) is 131 cm³/mol. The van der Waals surface area contributed by atoms with Crippen LogP contribution in [0.3, 0.4) is 0 Å². The molecule has 0 aromatic heterocycles. The summed E-state index contributed by atoms with van der Waals surface area (Å²) in [4.78, 5) is 23.4. The first kappa shape index (κ1) is 25.1. The minimum absolute atomic E-state index is 0.0475. The van der Waals surface area contributed by atoms with Crippen molar-refractivity contribution < 1.29 is 28.9 Å². The number of ether oxygens (including phenoxy) is 3. The number of hydrogen-bond acceptors (Lipinski definition) is 6. The van der Waals surface area contributed by atoms with Gasteiger partial charge in [-0.1, -0.05) is 41.9 Å². The predicted octanol–water partition coefficient (Wildman–Crippen LogP) is 4.94. The Kier molecular flexibility index (Phi) is 8.70. The zero-order valence-electron chi connectivity index (χ0n) is 18.7. The van der Waals surface area contributed by atoms with E-state index < -0.39 is 18.5 Å². The highest BCUT2D eigenvalue weighted by Crippen LogP contribution is 2.37. The van der Waals surface area contributed by atoms with Crippen LogP contribution in [0.2, 0.25) is 5.02 Å². The Balaban J connectivity index is 1.69. The molecule has 0 unspecified atom stereocenters. The smallest absolute Gasteiger partial charge is 0.341 e. The number of methoxy groups -OCH3 is 1. The molecule has 0 aliphatic heterocycles. The summed E-state index contributed by atoms with van der Waals surface area (Å²) in [5, 5.41) is 21.0. The van der Waals surface area contributed by atoms with E-state index in [9.17, 15) is 14.9 Å². The summed E-state index contributed by atoms with van der Waals surface area (Å²) in [5.74, 6) is -0.951. The maximum atomic E-state index is 12.6. The lowest BCUT2D eigenvalue weighted by Crippen LogP contribution is -2.13. The fourth-order valence-corrected chi connectivity index (χ4v) is 3.26. The highest BCUT2D eigenvalue weighted by molar-refractivity contribution is 6.32. The van der Waals surface area contributed by atoms with Crippen LogP contribution in [-0.4, -0.2) is 30.7 Å². The van der Waals surface area contributed by atoms with Gasteiger partial charge in [-0.2, -0.15) is 5.26 Å². The molecule has 3 aromatic rings. The maximum Gasteiger partial charge on any atom is 0.341 e. The van der Waals surface area contributed by atoms with Crippen molar-refractivity contribution in [2.45, 2.75) is 6.61 Å². The highest BCUT2D eigenvalue weighted by Gasteiger charge is 2.15. The number of amides is 1. The number of hydrogen-bond donors (Lipinski definition) is 2. The Labute approximate surface area is 206 Å². The molecule has 8 nitrogen and oxygen atoms in total. The van der Waals surface area contributed by atoms with Crippen molar-refractivity contribution in [2.24, 2.45) is 0 Å². The first-order valence-corrected chi connectivity index (χ1v) is 10.7. The molecule has 0 bridgehead atoms. The second-order valence-corrected chi connectivity index (χ2v) is 7.55.